The summed E-state index contributed by atoms with van der Waals surface area (Å²) in [6.45, 7) is 2.59. The molecule has 0 radical (unpaired) electrons. The third-order valence-electron chi connectivity index (χ3n) is 6.04. The molecule has 8 nitrogen and oxygen atoms in total. The molecule has 1 heterocycles. The lowest BCUT2D eigenvalue weighted by molar-refractivity contribution is -0.126. The highest BCUT2D eigenvalue weighted by molar-refractivity contribution is 6.04. The number of hydrogen-bond donors (Lipinski definition) is 2. The molecular formula is C28H28FN3O5. The molecule has 37 heavy (non-hydrogen) atoms. The Morgan fingerprint density at radius 1 is 1.00 bits per heavy atom. The summed E-state index contributed by atoms with van der Waals surface area (Å²) in [7, 11) is 1.52. The zero-order valence-electron chi connectivity index (χ0n) is 20.6. The maximum atomic E-state index is 13.4. The average Bonchev–Trinajstić information content (AvgIpc) is 3.22. The number of halogens is 1. The van der Waals surface area contributed by atoms with Gasteiger partial charge in [0.1, 0.15) is 5.82 Å². The fraction of sp³-hybridized carbons (Fsp3) is 0.250. The first kappa shape index (κ1) is 25.8. The molecular weight excluding hydrogens is 477 g/mol. The summed E-state index contributed by atoms with van der Waals surface area (Å²) in [4.78, 5) is 39.8. The van der Waals surface area contributed by atoms with E-state index in [9.17, 15) is 18.8 Å². The number of methoxy groups -OCH3 is 1. The van der Waals surface area contributed by atoms with Gasteiger partial charge in [-0.1, -0.05) is 42.0 Å². The van der Waals surface area contributed by atoms with Gasteiger partial charge in [-0.15, -0.1) is 0 Å². The highest BCUT2D eigenvalue weighted by atomic mass is 19.1. The van der Waals surface area contributed by atoms with Crippen molar-refractivity contribution in [1.29, 1.82) is 0 Å². The molecule has 0 unspecified atom stereocenters. The van der Waals surface area contributed by atoms with Crippen LogP contribution in [0.2, 0.25) is 0 Å². The van der Waals surface area contributed by atoms with Crippen molar-refractivity contribution in [2.45, 2.75) is 25.6 Å². The normalized spacial score (nSPS) is 16.8. The summed E-state index contributed by atoms with van der Waals surface area (Å²) in [5.41, 5.74) is 3.39. The van der Waals surface area contributed by atoms with Crippen LogP contribution in [0, 0.1) is 12.7 Å². The number of carbonyl (C=O) groups is 3. The van der Waals surface area contributed by atoms with E-state index in [1.807, 2.05) is 19.1 Å². The molecule has 0 bridgehead atoms. The van der Waals surface area contributed by atoms with E-state index in [-0.39, 0.29) is 19.0 Å². The van der Waals surface area contributed by atoms with Crippen LogP contribution in [-0.2, 0) is 20.8 Å². The number of anilines is 1. The number of benzene rings is 3. The largest absolute Gasteiger partial charge is 0.438 e. The van der Waals surface area contributed by atoms with Crippen molar-refractivity contribution in [1.82, 2.24) is 10.2 Å². The van der Waals surface area contributed by atoms with Crippen LogP contribution in [0.3, 0.4) is 0 Å². The Morgan fingerprint density at radius 3 is 2.32 bits per heavy atom. The topological polar surface area (TPSA) is 97.0 Å². The Hall–Kier alpha value is -4.24. The number of amides is 3. The van der Waals surface area contributed by atoms with Crippen LogP contribution in [0.5, 0.6) is 0 Å². The van der Waals surface area contributed by atoms with E-state index in [2.05, 4.69) is 10.6 Å². The number of ether oxygens (including phenoxy) is 2. The van der Waals surface area contributed by atoms with E-state index in [1.54, 1.807) is 48.5 Å². The molecule has 9 heteroatoms. The molecule has 0 aliphatic carbocycles. The minimum Gasteiger partial charge on any atom is -0.438 e. The number of nitrogens with one attached hydrogen (secondary N) is 2. The Balaban J connectivity index is 1.53. The Bertz CT molecular complexity index is 1250. The second-order valence-corrected chi connectivity index (χ2v) is 8.73. The monoisotopic (exact) mass is 505 g/mol. The van der Waals surface area contributed by atoms with Crippen molar-refractivity contribution >= 4 is 23.6 Å². The molecule has 2 atom stereocenters. The Labute approximate surface area is 214 Å². The molecule has 0 spiro atoms. The number of hydrogen-bond acceptors (Lipinski definition) is 5. The number of cyclic esters (lactones) is 1. The van der Waals surface area contributed by atoms with Crippen LogP contribution < -0.4 is 10.6 Å². The van der Waals surface area contributed by atoms with Crippen LogP contribution in [0.1, 0.15) is 33.2 Å². The van der Waals surface area contributed by atoms with Crippen molar-refractivity contribution in [2.24, 2.45) is 0 Å². The van der Waals surface area contributed by atoms with E-state index in [4.69, 9.17) is 9.47 Å². The summed E-state index contributed by atoms with van der Waals surface area (Å²) >= 11 is 0. The lowest BCUT2D eigenvalue weighted by Gasteiger charge is -2.24. The standard InChI is InChI=1S/C28H28FN3O5/c1-18-3-7-21(8-4-18)26(33)31-23-13-9-20(10-14-23)25-24(27(34)30-15-16-36-2)32(28(35)37-25)17-19-5-11-22(29)12-6-19/h3-14,24-25H,15-17H2,1-2H3,(H,30,34)(H,31,33)/t24-,25+/m1/s1. The van der Waals surface area contributed by atoms with Gasteiger partial charge >= 0.3 is 6.09 Å². The summed E-state index contributed by atoms with van der Waals surface area (Å²) in [6.07, 6.45) is -1.53. The Morgan fingerprint density at radius 2 is 1.68 bits per heavy atom. The minimum atomic E-state index is -0.956. The maximum absolute atomic E-state index is 13.4. The molecule has 1 saturated heterocycles. The zero-order valence-corrected chi connectivity index (χ0v) is 20.6. The van der Waals surface area contributed by atoms with Crippen molar-refractivity contribution < 1.29 is 28.2 Å². The summed E-state index contributed by atoms with van der Waals surface area (Å²) in [6, 6.07) is 18.8. The van der Waals surface area contributed by atoms with Crippen molar-refractivity contribution in [3.63, 3.8) is 0 Å². The predicted molar refractivity (Wildman–Crippen MR) is 135 cm³/mol. The second kappa shape index (κ2) is 11.7. The first-order valence-corrected chi connectivity index (χ1v) is 11.8. The molecule has 3 amide bonds. The van der Waals surface area contributed by atoms with Gasteiger partial charge in [0.05, 0.1) is 13.2 Å². The fourth-order valence-electron chi connectivity index (χ4n) is 4.04. The van der Waals surface area contributed by atoms with E-state index >= 15 is 0 Å². The summed E-state index contributed by atoms with van der Waals surface area (Å²) in [5, 5.41) is 5.61. The maximum Gasteiger partial charge on any atom is 0.411 e. The van der Waals surface area contributed by atoms with Crippen LogP contribution in [-0.4, -0.2) is 49.1 Å². The summed E-state index contributed by atoms with van der Waals surface area (Å²) in [5.74, 6) is -1.04. The van der Waals surface area contributed by atoms with E-state index in [0.717, 1.165) is 5.56 Å². The molecule has 3 aromatic rings. The molecule has 0 aromatic heterocycles. The second-order valence-electron chi connectivity index (χ2n) is 8.73. The van der Waals surface area contributed by atoms with E-state index < -0.39 is 30.0 Å². The van der Waals surface area contributed by atoms with Crippen molar-refractivity contribution in [2.75, 3.05) is 25.6 Å². The van der Waals surface area contributed by atoms with Crippen molar-refractivity contribution in [3.8, 4) is 0 Å². The highest BCUT2D eigenvalue weighted by Crippen LogP contribution is 2.34. The summed E-state index contributed by atoms with van der Waals surface area (Å²) < 4.78 is 24.0. The van der Waals surface area contributed by atoms with Gasteiger partial charge in [0, 0.05) is 24.9 Å². The van der Waals surface area contributed by atoms with Crippen LogP contribution in [0.25, 0.3) is 0 Å². The molecule has 1 aliphatic heterocycles. The number of rotatable bonds is 9. The first-order chi connectivity index (χ1) is 17.9. The molecule has 0 saturated carbocycles. The van der Waals surface area contributed by atoms with Gasteiger partial charge in [-0.25, -0.2) is 9.18 Å². The molecule has 192 valence electrons. The smallest absolute Gasteiger partial charge is 0.411 e. The predicted octanol–water partition coefficient (Wildman–Crippen LogP) is 4.21. The number of carbonyl (C=O) groups excluding carboxylic acids is 3. The number of aryl methyl sites for hydroxylation is 1. The zero-order chi connectivity index (χ0) is 26.4. The molecule has 4 rings (SSSR count). The highest BCUT2D eigenvalue weighted by Gasteiger charge is 2.46. The van der Waals surface area contributed by atoms with Crippen LogP contribution in [0.15, 0.2) is 72.8 Å². The third kappa shape index (κ3) is 6.31. The molecule has 1 aliphatic rings. The van der Waals surface area contributed by atoms with Crippen molar-refractivity contribution in [3.05, 3.63) is 101 Å². The van der Waals surface area contributed by atoms with E-state index in [0.29, 0.717) is 29.0 Å². The van der Waals surface area contributed by atoms with Gasteiger partial charge in [0.25, 0.3) is 5.91 Å². The molecule has 3 aromatic carbocycles. The van der Waals surface area contributed by atoms with Gasteiger partial charge in [-0.05, 0) is 54.4 Å². The minimum absolute atomic E-state index is 0.0721. The van der Waals surface area contributed by atoms with Gasteiger partial charge in [-0.2, -0.15) is 0 Å². The lowest BCUT2D eigenvalue weighted by Crippen LogP contribution is -2.47. The first-order valence-electron chi connectivity index (χ1n) is 11.8. The quantitative estimate of drug-likeness (QED) is 0.425. The molecule has 1 fully saturated rings. The van der Waals surface area contributed by atoms with Gasteiger partial charge in [-0.3, -0.25) is 14.5 Å². The van der Waals surface area contributed by atoms with Gasteiger partial charge in [0.15, 0.2) is 12.1 Å². The van der Waals surface area contributed by atoms with Crippen LogP contribution >= 0.6 is 0 Å². The molecule has 2 N–H and O–H groups in total. The van der Waals surface area contributed by atoms with Gasteiger partial charge in [0.2, 0.25) is 5.91 Å². The lowest BCUT2D eigenvalue weighted by atomic mass is 10.00. The third-order valence-corrected chi connectivity index (χ3v) is 6.04. The Kier molecular flexibility index (Phi) is 8.15. The van der Waals surface area contributed by atoms with E-state index in [1.165, 1.54) is 24.1 Å². The average molecular weight is 506 g/mol. The SMILES string of the molecule is COCCNC(=O)[C@H]1[C@H](c2ccc(NC(=O)c3ccc(C)cc3)cc2)OC(=O)N1Cc1ccc(F)cc1. The van der Waals surface area contributed by atoms with Crippen LogP contribution in [0.4, 0.5) is 14.9 Å². The fourth-order valence-corrected chi connectivity index (χ4v) is 4.04. The number of nitrogens with zero attached hydrogens (tertiary/aromatic N) is 1. The van der Waals surface area contributed by atoms with Gasteiger partial charge < -0.3 is 20.1 Å².